The van der Waals surface area contributed by atoms with Crippen LogP contribution in [0.15, 0.2) is 41.3 Å². The summed E-state index contributed by atoms with van der Waals surface area (Å²) in [6, 6.07) is 8.79. The molecular weight excluding hydrogens is 475 g/mol. The lowest BCUT2D eigenvalue weighted by molar-refractivity contribution is -0.122. The number of anilines is 1. The maximum Gasteiger partial charge on any atom is 0.265 e. The first-order valence-corrected chi connectivity index (χ1v) is 11.6. The molecule has 162 valence electrons. The summed E-state index contributed by atoms with van der Waals surface area (Å²) in [7, 11) is -3.60. The van der Waals surface area contributed by atoms with Gasteiger partial charge in [0.1, 0.15) is 5.75 Å². The minimum absolute atomic E-state index is 0.147. The van der Waals surface area contributed by atoms with Crippen molar-refractivity contribution in [2.24, 2.45) is 0 Å². The van der Waals surface area contributed by atoms with Crippen LogP contribution in [0.1, 0.15) is 6.92 Å². The van der Waals surface area contributed by atoms with E-state index in [9.17, 15) is 13.2 Å². The fraction of sp³-hybridized carbons (Fsp3) is 0.316. The Balaban J connectivity index is 1.65. The number of hydrogen-bond donors (Lipinski definition) is 1. The van der Waals surface area contributed by atoms with Gasteiger partial charge in [0, 0.05) is 24.8 Å². The summed E-state index contributed by atoms with van der Waals surface area (Å²) in [4.78, 5) is 12.6. The molecule has 0 aliphatic carbocycles. The van der Waals surface area contributed by atoms with Gasteiger partial charge < -0.3 is 14.8 Å². The summed E-state index contributed by atoms with van der Waals surface area (Å²) in [5.74, 6) is -0.221. The van der Waals surface area contributed by atoms with Gasteiger partial charge in [0.2, 0.25) is 10.0 Å². The number of morpholine rings is 1. The van der Waals surface area contributed by atoms with E-state index < -0.39 is 22.0 Å². The third-order valence-electron chi connectivity index (χ3n) is 4.38. The number of sulfonamides is 1. The lowest BCUT2D eigenvalue weighted by Gasteiger charge is -2.26. The molecule has 1 heterocycles. The highest BCUT2D eigenvalue weighted by molar-refractivity contribution is 7.89. The number of carbonyl (C=O) groups is 1. The van der Waals surface area contributed by atoms with E-state index in [1.807, 2.05) is 0 Å². The molecular formula is C19H19Cl3N2O5S. The number of hydrogen-bond acceptors (Lipinski definition) is 5. The molecule has 0 saturated carbocycles. The second kappa shape index (κ2) is 9.72. The smallest absolute Gasteiger partial charge is 0.265 e. The number of rotatable bonds is 6. The molecule has 1 aliphatic heterocycles. The van der Waals surface area contributed by atoms with Gasteiger partial charge in [-0.15, -0.1) is 0 Å². The summed E-state index contributed by atoms with van der Waals surface area (Å²) >= 11 is 17.9. The van der Waals surface area contributed by atoms with Crippen molar-refractivity contribution in [2.75, 3.05) is 31.6 Å². The van der Waals surface area contributed by atoms with Crippen molar-refractivity contribution in [2.45, 2.75) is 17.9 Å². The zero-order valence-electron chi connectivity index (χ0n) is 15.9. The number of ether oxygens (including phenoxy) is 2. The van der Waals surface area contributed by atoms with Crippen molar-refractivity contribution in [3.8, 4) is 5.75 Å². The Morgan fingerprint density at radius 2 is 1.67 bits per heavy atom. The van der Waals surface area contributed by atoms with Gasteiger partial charge >= 0.3 is 0 Å². The Kier molecular flexibility index (Phi) is 7.49. The molecule has 1 unspecified atom stereocenters. The van der Waals surface area contributed by atoms with Crippen LogP contribution in [0.4, 0.5) is 5.69 Å². The lowest BCUT2D eigenvalue weighted by Crippen LogP contribution is -2.40. The highest BCUT2D eigenvalue weighted by Gasteiger charge is 2.26. The number of halogens is 3. The molecule has 1 aliphatic rings. The Hall–Kier alpha value is -1.55. The van der Waals surface area contributed by atoms with Gasteiger partial charge in [-0.2, -0.15) is 4.31 Å². The highest BCUT2D eigenvalue weighted by Crippen LogP contribution is 2.34. The minimum atomic E-state index is -3.60. The van der Waals surface area contributed by atoms with Crippen LogP contribution in [-0.2, 0) is 19.6 Å². The van der Waals surface area contributed by atoms with Crippen LogP contribution >= 0.6 is 34.8 Å². The summed E-state index contributed by atoms with van der Waals surface area (Å²) in [5, 5.41) is 3.42. The van der Waals surface area contributed by atoms with Crippen LogP contribution in [0.25, 0.3) is 0 Å². The Bertz CT molecular complexity index is 1030. The van der Waals surface area contributed by atoms with Crippen LogP contribution in [-0.4, -0.2) is 51.0 Å². The van der Waals surface area contributed by atoms with E-state index in [-0.39, 0.29) is 25.7 Å². The molecule has 1 saturated heterocycles. The van der Waals surface area contributed by atoms with E-state index in [1.54, 1.807) is 6.92 Å². The average Bonchev–Trinajstić information content (AvgIpc) is 2.73. The van der Waals surface area contributed by atoms with E-state index in [0.29, 0.717) is 32.0 Å². The normalized spacial score (nSPS) is 16.1. The maximum absolute atomic E-state index is 12.6. The molecule has 0 bridgehead atoms. The zero-order valence-corrected chi connectivity index (χ0v) is 19.0. The second-order valence-corrected chi connectivity index (χ2v) is 9.65. The third kappa shape index (κ3) is 5.38. The van der Waals surface area contributed by atoms with Crippen molar-refractivity contribution in [3.05, 3.63) is 51.5 Å². The molecule has 11 heteroatoms. The van der Waals surface area contributed by atoms with Crippen molar-refractivity contribution in [1.82, 2.24) is 4.31 Å². The van der Waals surface area contributed by atoms with Gasteiger partial charge in [0.25, 0.3) is 5.91 Å². The SMILES string of the molecule is CC(Oc1cc(Cl)c(Cl)cc1Cl)C(=O)Nc1ccc(S(=O)(=O)N2CCOCC2)cc1. The van der Waals surface area contributed by atoms with E-state index in [4.69, 9.17) is 44.3 Å². The Labute approximate surface area is 189 Å². The number of nitrogens with zero attached hydrogens (tertiary/aromatic N) is 1. The number of carbonyl (C=O) groups excluding carboxylic acids is 1. The Morgan fingerprint density at radius 1 is 1.07 bits per heavy atom. The summed E-state index contributed by atoms with van der Waals surface area (Å²) in [6.07, 6.45) is -0.892. The van der Waals surface area contributed by atoms with Crippen LogP contribution in [0.5, 0.6) is 5.75 Å². The quantitative estimate of drug-likeness (QED) is 0.613. The summed E-state index contributed by atoms with van der Waals surface area (Å²) < 4.78 is 37.4. The van der Waals surface area contributed by atoms with Gasteiger partial charge in [0.15, 0.2) is 6.10 Å². The van der Waals surface area contributed by atoms with Crippen LogP contribution in [0.3, 0.4) is 0 Å². The van der Waals surface area contributed by atoms with E-state index in [1.165, 1.54) is 40.7 Å². The van der Waals surface area contributed by atoms with Gasteiger partial charge in [-0.05, 0) is 37.3 Å². The molecule has 1 fully saturated rings. The van der Waals surface area contributed by atoms with Crippen LogP contribution < -0.4 is 10.1 Å². The molecule has 3 rings (SSSR count). The molecule has 1 N–H and O–H groups in total. The molecule has 1 atom stereocenters. The highest BCUT2D eigenvalue weighted by atomic mass is 35.5. The molecule has 0 spiro atoms. The molecule has 1 amide bonds. The van der Waals surface area contributed by atoms with Crippen LogP contribution in [0.2, 0.25) is 15.1 Å². The molecule has 2 aromatic carbocycles. The Morgan fingerprint density at radius 3 is 2.30 bits per heavy atom. The summed E-state index contributed by atoms with van der Waals surface area (Å²) in [5.41, 5.74) is 0.427. The molecule has 0 aromatic heterocycles. The fourth-order valence-electron chi connectivity index (χ4n) is 2.73. The topological polar surface area (TPSA) is 84.9 Å². The average molecular weight is 494 g/mol. The van der Waals surface area contributed by atoms with Crippen molar-refractivity contribution in [3.63, 3.8) is 0 Å². The molecule has 30 heavy (non-hydrogen) atoms. The van der Waals surface area contributed by atoms with Crippen molar-refractivity contribution < 1.29 is 22.7 Å². The summed E-state index contributed by atoms with van der Waals surface area (Å²) in [6.45, 7) is 2.91. The van der Waals surface area contributed by atoms with E-state index >= 15 is 0 Å². The maximum atomic E-state index is 12.6. The van der Waals surface area contributed by atoms with E-state index in [0.717, 1.165) is 0 Å². The minimum Gasteiger partial charge on any atom is -0.479 e. The van der Waals surface area contributed by atoms with E-state index in [2.05, 4.69) is 5.32 Å². The van der Waals surface area contributed by atoms with Crippen molar-refractivity contribution >= 4 is 56.4 Å². The third-order valence-corrected chi connectivity index (χ3v) is 7.31. The largest absolute Gasteiger partial charge is 0.479 e. The first-order chi connectivity index (χ1) is 14.2. The first-order valence-electron chi connectivity index (χ1n) is 8.98. The first kappa shape index (κ1) is 23.1. The fourth-order valence-corrected chi connectivity index (χ4v) is 4.72. The molecule has 0 radical (unpaired) electrons. The second-order valence-electron chi connectivity index (χ2n) is 6.49. The van der Waals surface area contributed by atoms with Crippen molar-refractivity contribution in [1.29, 1.82) is 0 Å². The number of amides is 1. The monoisotopic (exact) mass is 492 g/mol. The number of nitrogens with one attached hydrogen (secondary N) is 1. The predicted octanol–water partition coefficient (Wildman–Crippen LogP) is 4.07. The van der Waals surface area contributed by atoms with Crippen LogP contribution in [0, 0.1) is 0 Å². The lowest BCUT2D eigenvalue weighted by atomic mass is 10.3. The van der Waals surface area contributed by atoms with Gasteiger partial charge in [-0.3, -0.25) is 4.79 Å². The molecule has 7 nitrogen and oxygen atoms in total. The molecule has 2 aromatic rings. The van der Waals surface area contributed by atoms with Gasteiger partial charge in [-0.25, -0.2) is 8.42 Å². The van der Waals surface area contributed by atoms with Gasteiger partial charge in [-0.1, -0.05) is 34.8 Å². The predicted molar refractivity (Wildman–Crippen MR) is 116 cm³/mol. The zero-order chi connectivity index (χ0) is 21.9. The number of benzene rings is 2. The standard InChI is InChI=1S/C19H19Cl3N2O5S/c1-12(29-18-11-16(21)15(20)10-17(18)22)19(25)23-13-2-4-14(5-3-13)30(26,27)24-6-8-28-9-7-24/h2-5,10-12H,6-9H2,1H3,(H,23,25). The van der Waals surface area contributed by atoms with Gasteiger partial charge in [0.05, 0.1) is 33.2 Å².